The Bertz CT molecular complexity index is 688. The van der Waals surface area contributed by atoms with E-state index in [0.717, 1.165) is 11.1 Å². The zero-order valence-corrected chi connectivity index (χ0v) is 11.1. The van der Waals surface area contributed by atoms with Crippen molar-refractivity contribution in [1.82, 2.24) is 19.9 Å². The summed E-state index contributed by atoms with van der Waals surface area (Å²) in [5, 5.41) is 8.06. The first-order valence-electron chi connectivity index (χ1n) is 6.33. The summed E-state index contributed by atoms with van der Waals surface area (Å²) in [6, 6.07) is 9.55. The van der Waals surface area contributed by atoms with Gasteiger partial charge >= 0.3 is 0 Å². The molecule has 0 aliphatic rings. The van der Waals surface area contributed by atoms with E-state index in [9.17, 15) is 0 Å². The largest absolute Gasteiger partial charge is 0.337 e. The molecule has 1 aromatic carbocycles. The molecule has 3 rings (SSSR count). The SMILES string of the molecule is Cn1cc(C(N)c2nc(Cc3ccccc3)no2)cn1. The predicted octanol–water partition coefficient (Wildman–Crippen LogP) is 1.44. The van der Waals surface area contributed by atoms with E-state index in [1.807, 2.05) is 43.6 Å². The highest BCUT2D eigenvalue weighted by Gasteiger charge is 2.18. The molecule has 20 heavy (non-hydrogen) atoms. The number of benzene rings is 1. The Morgan fingerprint density at radius 1 is 1.30 bits per heavy atom. The third-order valence-corrected chi connectivity index (χ3v) is 3.04. The van der Waals surface area contributed by atoms with Gasteiger partial charge in [0.15, 0.2) is 5.82 Å². The van der Waals surface area contributed by atoms with E-state index in [1.165, 1.54) is 0 Å². The predicted molar refractivity (Wildman–Crippen MR) is 72.8 cm³/mol. The zero-order chi connectivity index (χ0) is 13.9. The van der Waals surface area contributed by atoms with Crippen LogP contribution in [0.15, 0.2) is 47.2 Å². The van der Waals surface area contributed by atoms with Crippen LogP contribution in [0.1, 0.15) is 28.9 Å². The van der Waals surface area contributed by atoms with Crippen LogP contribution in [0.2, 0.25) is 0 Å². The fourth-order valence-electron chi connectivity index (χ4n) is 1.99. The van der Waals surface area contributed by atoms with Crippen molar-refractivity contribution in [2.45, 2.75) is 12.5 Å². The Balaban J connectivity index is 1.76. The standard InChI is InChI=1S/C14H15N5O/c1-19-9-11(8-16-19)13(15)14-17-12(18-20-14)7-10-5-3-2-4-6-10/h2-6,8-9,13H,7,15H2,1H3. The zero-order valence-electron chi connectivity index (χ0n) is 11.1. The highest BCUT2D eigenvalue weighted by Crippen LogP contribution is 2.17. The van der Waals surface area contributed by atoms with E-state index < -0.39 is 6.04 Å². The van der Waals surface area contributed by atoms with Crippen molar-refractivity contribution in [3.8, 4) is 0 Å². The van der Waals surface area contributed by atoms with Crippen molar-refractivity contribution in [2.24, 2.45) is 12.8 Å². The van der Waals surface area contributed by atoms with Gasteiger partial charge in [0.2, 0.25) is 5.89 Å². The molecule has 3 aromatic rings. The third-order valence-electron chi connectivity index (χ3n) is 3.04. The van der Waals surface area contributed by atoms with Gasteiger partial charge in [0.25, 0.3) is 0 Å². The lowest BCUT2D eigenvalue weighted by Gasteiger charge is -2.01. The highest BCUT2D eigenvalue weighted by atomic mass is 16.5. The van der Waals surface area contributed by atoms with Gasteiger partial charge in [-0.25, -0.2) is 0 Å². The molecule has 6 heteroatoms. The lowest BCUT2D eigenvalue weighted by molar-refractivity contribution is 0.363. The second kappa shape index (κ2) is 5.26. The van der Waals surface area contributed by atoms with Crippen LogP contribution in [-0.4, -0.2) is 19.9 Å². The molecule has 6 nitrogen and oxygen atoms in total. The second-order valence-electron chi connectivity index (χ2n) is 4.64. The van der Waals surface area contributed by atoms with Crippen LogP contribution in [0.25, 0.3) is 0 Å². The normalized spacial score (nSPS) is 12.5. The maximum Gasteiger partial charge on any atom is 0.248 e. The number of aromatic nitrogens is 4. The average molecular weight is 269 g/mol. The summed E-state index contributed by atoms with van der Waals surface area (Å²) in [7, 11) is 1.84. The first-order chi connectivity index (χ1) is 9.72. The van der Waals surface area contributed by atoms with Crippen LogP contribution in [-0.2, 0) is 13.5 Å². The molecule has 0 saturated carbocycles. The summed E-state index contributed by atoms with van der Waals surface area (Å²) in [5.74, 6) is 1.04. The molecule has 0 bridgehead atoms. The molecular formula is C14H15N5O. The van der Waals surface area contributed by atoms with Gasteiger partial charge in [0, 0.05) is 25.2 Å². The lowest BCUT2D eigenvalue weighted by atomic mass is 10.1. The molecule has 0 aliphatic carbocycles. The Kier molecular flexibility index (Phi) is 3.30. The first kappa shape index (κ1) is 12.6. The van der Waals surface area contributed by atoms with Crippen LogP contribution >= 0.6 is 0 Å². The second-order valence-corrected chi connectivity index (χ2v) is 4.64. The molecule has 0 saturated heterocycles. The van der Waals surface area contributed by atoms with Crippen molar-refractivity contribution < 1.29 is 4.52 Å². The van der Waals surface area contributed by atoms with Crippen molar-refractivity contribution in [3.63, 3.8) is 0 Å². The van der Waals surface area contributed by atoms with Gasteiger partial charge < -0.3 is 10.3 Å². The van der Waals surface area contributed by atoms with E-state index in [4.69, 9.17) is 10.3 Å². The monoisotopic (exact) mass is 269 g/mol. The van der Waals surface area contributed by atoms with Gasteiger partial charge in [-0.3, -0.25) is 4.68 Å². The molecule has 2 heterocycles. The minimum Gasteiger partial charge on any atom is -0.337 e. The van der Waals surface area contributed by atoms with Crippen molar-refractivity contribution in [2.75, 3.05) is 0 Å². The van der Waals surface area contributed by atoms with Gasteiger partial charge in [-0.05, 0) is 5.56 Å². The van der Waals surface area contributed by atoms with Crippen LogP contribution < -0.4 is 5.73 Å². The minimum absolute atomic E-state index is 0.406. The molecule has 102 valence electrons. The van der Waals surface area contributed by atoms with E-state index >= 15 is 0 Å². The molecular weight excluding hydrogens is 254 g/mol. The molecule has 0 spiro atoms. The van der Waals surface area contributed by atoms with Crippen LogP contribution in [0.4, 0.5) is 0 Å². The summed E-state index contributed by atoms with van der Waals surface area (Å²) < 4.78 is 6.93. The molecule has 0 aliphatic heterocycles. The number of hydrogen-bond acceptors (Lipinski definition) is 5. The number of hydrogen-bond donors (Lipinski definition) is 1. The van der Waals surface area contributed by atoms with Gasteiger partial charge in [-0.15, -0.1) is 0 Å². The third kappa shape index (κ3) is 2.60. The van der Waals surface area contributed by atoms with Crippen LogP contribution in [0.3, 0.4) is 0 Å². The van der Waals surface area contributed by atoms with Crippen LogP contribution in [0.5, 0.6) is 0 Å². The molecule has 0 fully saturated rings. The quantitative estimate of drug-likeness (QED) is 0.775. The fourth-order valence-corrected chi connectivity index (χ4v) is 1.99. The summed E-state index contributed by atoms with van der Waals surface area (Å²) in [4.78, 5) is 4.35. The Morgan fingerprint density at radius 2 is 2.10 bits per heavy atom. The van der Waals surface area contributed by atoms with Gasteiger partial charge in [-0.1, -0.05) is 35.5 Å². The summed E-state index contributed by atoms with van der Waals surface area (Å²) in [6.45, 7) is 0. The van der Waals surface area contributed by atoms with E-state index in [0.29, 0.717) is 18.1 Å². The lowest BCUT2D eigenvalue weighted by Crippen LogP contribution is -2.11. The molecule has 2 aromatic heterocycles. The number of nitrogens with two attached hydrogens (primary N) is 1. The number of nitrogens with zero attached hydrogens (tertiary/aromatic N) is 4. The smallest absolute Gasteiger partial charge is 0.248 e. The first-order valence-corrected chi connectivity index (χ1v) is 6.33. The van der Waals surface area contributed by atoms with Crippen LogP contribution in [0, 0.1) is 0 Å². The Hall–Kier alpha value is -2.47. The average Bonchev–Trinajstić information content (AvgIpc) is 3.08. The van der Waals surface area contributed by atoms with Gasteiger partial charge in [0.05, 0.1) is 6.20 Å². The summed E-state index contributed by atoms with van der Waals surface area (Å²) >= 11 is 0. The maximum atomic E-state index is 6.09. The van der Waals surface area contributed by atoms with E-state index in [-0.39, 0.29) is 0 Å². The fraction of sp³-hybridized carbons (Fsp3) is 0.214. The number of aryl methyl sites for hydroxylation is 1. The van der Waals surface area contributed by atoms with E-state index in [2.05, 4.69) is 15.2 Å². The summed E-state index contributed by atoms with van der Waals surface area (Å²) in [5.41, 5.74) is 8.07. The van der Waals surface area contributed by atoms with Crippen molar-refractivity contribution in [1.29, 1.82) is 0 Å². The maximum absolute atomic E-state index is 6.09. The van der Waals surface area contributed by atoms with Gasteiger partial charge in [-0.2, -0.15) is 10.1 Å². The molecule has 0 amide bonds. The molecule has 1 atom stereocenters. The van der Waals surface area contributed by atoms with Crippen molar-refractivity contribution >= 4 is 0 Å². The van der Waals surface area contributed by atoms with E-state index in [1.54, 1.807) is 10.9 Å². The Morgan fingerprint density at radius 3 is 2.80 bits per heavy atom. The van der Waals surface area contributed by atoms with Crippen molar-refractivity contribution in [3.05, 3.63) is 65.6 Å². The molecule has 0 radical (unpaired) electrons. The highest BCUT2D eigenvalue weighted by molar-refractivity contribution is 5.20. The van der Waals surface area contributed by atoms with Gasteiger partial charge in [0.1, 0.15) is 6.04 Å². The molecule has 2 N–H and O–H groups in total. The molecule has 1 unspecified atom stereocenters. The topological polar surface area (TPSA) is 82.8 Å². The minimum atomic E-state index is -0.444. The Labute approximate surface area is 116 Å². The number of rotatable bonds is 4. The summed E-state index contributed by atoms with van der Waals surface area (Å²) in [6.07, 6.45) is 4.17.